The molecule has 15 heavy (non-hydrogen) atoms. The zero-order valence-electron chi connectivity index (χ0n) is 9.65. The molecule has 0 aliphatic carbocycles. The van der Waals surface area contributed by atoms with Crippen molar-refractivity contribution in [3.8, 4) is 0 Å². The molecule has 1 aliphatic rings. The first-order valence-corrected chi connectivity index (χ1v) is 7.39. The van der Waals surface area contributed by atoms with Crippen molar-refractivity contribution in [3.63, 3.8) is 0 Å². The van der Waals surface area contributed by atoms with Crippen LogP contribution in [0.2, 0.25) is 0 Å². The van der Waals surface area contributed by atoms with Gasteiger partial charge in [-0.15, -0.1) is 0 Å². The quantitative estimate of drug-likeness (QED) is 0.740. The molecule has 0 saturated carbocycles. The van der Waals surface area contributed by atoms with Crippen molar-refractivity contribution in [2.75, 3.05) is 25.1 Å². The Labute approximate surface area is 92.7 Å². The van der Waals surface area contributed by atoms with Crippen LogP contribution in [0, 0.1) is 0 Å². The first-order chi connectivity index (χ1) is 6.91. The summed E-state index contributed by atoms with van der Waals surface area (Å²) in [6.07, 6.45) is 2.84. The van der Waals surface area contributed by atoms with E-state index in [9.17, 15) is 8.42 Å². The maximum Gasteiger partial charge on any atom is 0.151 e. The van der Waals surface area contributed by atoms with Crippen LogP contribution in [0.25, 0.3) is 0 Å². The van der Waals surface area contributed by atoms with Gasteiger partial charge in [0.15, 0.2) is 9.84 Å². The van der Waals surface area contributed by atoms with E-state index in [1.54, 1.807) is 0 Å². The molecule has 2 N–H and O–H groups in total. The molecule has 90 valence electrons. The molecule has 0 spiro atoms. The Morgan fingerprint density at radius 3 is 2.67 bits per heavy atom. The average molecular weight is 234 g/mol. The van der Waals surface area contributed by atoms with Crippen LogP contribution in [-0.4, -0.2) is 50.5 Å². The van der Waals surface area contributed by atoms with Crippen LogP contribution in [0.15, 0.2) is 0 Å². The van der Waals surface area contributed by atoms with Crippen molar-refractivity contribution in [2.24, 2.45) is 5.73 Å². The summed E-state index contributed by atoms with van der Waals surface area (Å²) >= 11 is 0. The normalized spacial score (nSPS) is 27.1. The number of hydrogen-bond donors (Lipinski definition) is 1. The Morgan fingerprint density at radius 2 is 2.20 bits per heavy atom. The van der Waals surface area contributed by atoms with E-state index in [1.165, 1.54) is 0 Å². The minimum absolute atomic E-state index is 0.225. The highest BCUT2D eigenvalue weighted by Crippen LogP contribution is 2.16. The maximum atomic E-state index is 11.3. The predicted molar refractivity (Wildman–Crippen MR) is 62.6 cm³/mol. The molecule has 0 aromatic carbocycles. The molecule has 1 rings (SSSR count). The fraction of sp³-hybridized carbons (Fsp3) is 1.00. The standard InChI is InChI=1S/C10H22N2O2S/c1-9(11)4-3-6-12(2)10-5-7-15(13,14)8-10/h9-10H,3-8,11H2,1-2H3. The monoisotopic (exact) mass is 234 g/mol. The van der Waals surface area contributed by atoms with Gasteiger partial charge < -0.3 is 10.6 Å². The number of nitrogens with two attached hydrogens (primary N) is 1. The van der Waals surface area contributed by atoms with E-state index in [-0.39, 0.29) is 12.1 Å². The lowest BCUT2D eigenvalue weighted by atomic mass is 10.1. The molecule has 1 fully saturated rings. The third-order valence-electron chi connectivity index (χ3n) is 3.00. The first kappa shape index (κ1) is 12.9. The molecular weight excluding hydrogens is 212 g/mol. The number of sulfone groups is 1. The van der Waals surface area contributed by atoms with E-state index in [1.807, 2.05) is 14.0 Å². The molecule has 0 amide bonds. The van der Waals surface area contributed by atoms with Crippen molar-refractivity contribution in [1.29, 1.82) is 0 Å². The smallest absolute Gasteiger partial charge is 0.151 e. The Hall–Kier alpha value is -0.130. The Kier molecular flexibility index (Phi) is 4.55. The van der Waals surface area contributed by atoms with E-state index >= 15 is 0 Å². The van der Waals surface area contributed by atoms with Crippen LogP contribution in [0.5, 0.6) is 0 Å². The van der Waals surface area contributed by atoms with Gasteiger partial charge in [-0.3, -0.25) is 0 Å². The molecule has 0 radical (unpaired) electrons. The van der Waals surface area contributed by atoms with Crippen molar-refractivity contribution in [2.45, 2.75) is 38.3 Å². The van der Waals surface area contributed by atoms with Gasteiger partial charge in [0.1, 0.15) is 0 Å². The van der Waals surface area contributed by atoms with E-state index < -0.39 is 9.84 Å². The fourth-order valence-electron chi connectivity index (χ4n) is 1.97. The summed E-state index contributed by atoms with van der Waals surface area (Å²) in [5, 5.41) is 0. The molecule has 2 unspecified atom stereocenters. The van der Waals surface area contributed by atoms with Crippen LogP contribution in [0.4, 0.5) is 0 Å². The lowest BCUT2D eigenvalue weighted by Gasteiger charge is -2.23. The summed E-state index contributed by atoms with van der Waals surface area (Å²) in [7, 11) is -0.742. The van der Waals surface area contributed by atoms with Crippen LogP contribution in [-0.2, 0) is 9.84 Å². The van der Waals surface area contributed by atoms with Crippen molar-refractivity contribution in [1.82, 2.24) is 4.90 Å². The molecule has 0 bridgehead atoms. The van der Waals surface area contributed by atoms with Gasteiger partial charge in [0.05, 0.1) is 11.5 Å². The van der Waals surface area contributed by atoms with Gasteiger partial charge in [0.2, 0.25) is 0 Å². The van der Waals surface area contributed by atoms with E-state index in [0.29, 0.717) is 11.5 Å². The minimum atomic E-state index is -2.75. The zero-order chi connectivity index (χ0) is 11.5. The second-order valence-corrected chi connectivity index (χ2v) is 6.89. The highest BCUT2D eigenvalue weighted by Gasteiger charge is 2.30. The van der Waals surface area contributed by atoms with E-state index in [0.717, 1.165) is 25.8 Å². The SMILES string of the molecule is CC(N)CCCN(C)C1CCS(=O)(=O)C1. The summed E-state index contributed by atoms with van der Waals surface area (Å²) in [6, 6.07) is 0.466. The van der Waals surface area contributed by atoms with Gasteiger partial charge >= 0.3 is 0 Å². The molecule has 1 saturated heterocycles. The molecule has 2 atom stereocenters. The topological polar surface area (TPSA) is 63.4 Å². The Balaban J connectivity index is 2.26. The number of rotatable bonds is 5. The average Bonchev–Trinajstić information content (AvgIpc) is 2.45. The zero-order valence-corrected chi connectivity index (χ0v) is 10.5. The fourth-order valence-corrected chi connectivity index (χ4v) is 3.77. The van der Waals surface area contributed by atoms with Gasteiger partial charge in [-0.25, -0.2) is 8.42 Å². The van der Waals surface area contributed by atoms with Crippen LogP contribution in [0.3, 0.4) is 0 Å². The van der Waals surface area contributed by atoms with Gasteiger partial charge in [-0.2, -0.15) is 0 Å². The van der Waals surface area contributed by atoms with Crippen molar-refractivity contribution in [3.05, 3.63) is 0 Å². The second-order valence-electron chi connectivity index (χ2n) is 4.66. The molecule has 0 aromatic rings. The molecule has 1 heterocycles. The Bertz CT molecular complexity index is 288. The number of nitrogens with zero attached hydrogens (tertiary/aromatic N) is 1. The van der Waals surface area contributed by atoms with E-state index in [4.69, 9.17) is 5.73 Å². The highest BCUT2D eigenvalue weighted by molar-refractivity contribution is 7.91. The summed E-state index contributed by atoms with van der Waals surface area (Å²) < 4.78 is 22.6. The van der Waals surface area contributed by atoms with Crippen LogP contribution >= 0.6 is 0 Å². The largest absolute Gasteiger partial charge is 0.328 e. The van der Waals surface area contributed by atoms with Crippen LogP contribution < -0.4 is 5.73 Å². The minimum Gasteiger partial charge on any atom is -0.328 e. The third kappa shape index (κ3) is 4.49. The Morgan fingerprint density at radius 1 is 1.53 bits per heavy atom. The van der Waals surface area contributed by atoms with Gasteiger partial charge in [-0.05, 0) is 39.8 Å². The summed E-state index contributed by atoms with van der Waals surface area (Å²) in [4.78, 5) is 2.16. The first-order valence-electron chi connectivity index (χ1n) is 5.57. The lowest BCUT2D eigenvalue weighted by molar-refractivity contribution is 0.255. The third-order valence-corrected chi connectivity index (χ3v) is 4.75. The molecular formula is C10H22N2O2S. The second kappa shape index (κ2) is 5.27. The molecule has 0 aromatic heterocycles. The van der Waals surface area contributed by atoms with Crippen LogP contribution in [0.1, 0.15) is 26.2 Å². The van der Waals surface area contributed by atoms with Crippen molar-refractivity contribution >= 4 is 9.84 Å². The highest BCUT2D eigenvalue weighted by atomic mass is 32.2. The predicted octanol–water partition coefficient (Wildman–Crippen LogP) is 0.233. The summed E-state index contributed by atoms with van der Waals surface area (Å²) in [6.45, 7) is 2.95. The summed E-state index contributed by atoms with van der Waals surface area (Å²) in [5.41, 5.74) is 5.66. The molecule has 1 aliphatic heterocycles. The molecule has 5 heteroatoms. The maximum absolute atomic E-state index is 11.3. The lowest BCUT2D eigenvalue weighted by Crippen LogP contribution is -2.34. The van der Waals surface area contributed by atoms with Gasteiger partial charge in [-0.1, -0.05) is 0 Å². The van der Waals surface area contributed by atoms with Crippen molar-refractivity contribution < 1.29 is 8.42 Å². The summed E-state index contributed by atoms with van der Waals surface area (Å²) in [5.74, 6) is 0.691. The van der Waals surface area contributed by atoms with Gasteiger partial charge in [0.25, 0.3) is 0 Å². The van der Waals surface area contributed by atoms with Gasteiger partial charge in [0, 0.05) is 12.1 Å². The molecule has 4 nitrogen and oxygen atoms in total. The van der Waals surface area contributed by atoms with E-state index in [2.05, 4.69) is 4.90 Å². The number of hydrogen-bond acceptors (Lipinski definition) is 4.